The summed E-state index contributed by atoms with van der Waals surface area (Å²) >= 11 is 0. The van der Waals surface area contributed by atoms with Gasteiger partial charge in [-0.1, -0.05) is 6.07 Å². The van der Waals surface area contributed by atoms with Crippen molar-refractivity contribution in [1.29, 1.82) is 4.78 Å². The Labute approximate surface area is 208 Å². The van der Waals surface area contributed by atoms with Gasteiger partial charge in [0.15, 0.2) is 11.4 Å². The summed E-state index contributed by atoms with van der Waals surface area (Å²) < 4.78 is 80.6. The molecule has 2 aromatic heterocycles. The van der Waals surface area contributed by atoms with E-state index in [1.54, 1.807) is 0 Å². The summed E-state index contributed by atoms with van der Waals surface area (Å²) in [7, 11) is -3.14. The first-order chi connectivity index (χ1) is 17.1. The normalized spacial score (nSPS) is 16.1. The van der Waals surface area contributed by atoms with Crippen LogP contribution in [-0.4, -0.2) is 36.7 Å². The molecule has 1 amide bonds. The minimum Gasteiger partial charge on any atom is -0.432 e. The fourth-order valence-corrected chi connectivity index (χ4v) is 4.26. The van der Waals surface area contributed by atoms with Gasteiger partial charge in [-0.25, -0.2) is 14.0 Å². The summed E-state index contributed by atoms with van der Waals surface area (Å²) in [5.41, 5.74) is -3.68. The molecular formula is C23H21F4N5O4S. The van der Waals surface area contributed by atoms with Crippen molar-refractivity contribution in [3.8, 4) is 11.6 Å². The van der Waals surface area contributed by atoms with Crippen LogP contribution >= 0.6 is 0 Å². The first-order valence-corrected chi connectivity index (χ1v) is 12.7. The third-order valence-corrected chi connectivity index (χ3v) is 6.89. The van der Waals surface area contributed by atoms with E-state index >= 15 is 0 Å². The number of carbonyl (C=O) groups is 1. The van der Waals surface area contributed by atoms with E-state index in [-0.39, 0.29) is 21.8 Å². The molecule has 1 aliphatic rings. The highest BCUT2D eigenvalue weighted by molar-refractivity contribution is 7.91. The van der Waals surface area contributed by atoms with Crippen LogP contribution in [0.25, 0.3) is 0 Å². The van der Waals surface area contributed by atoms with Crippen LogP contribution in [0.2, 0.25) is 0 Å². The van der Waals surface area contributed by atoms with Crippen molar-refractivity contribution < 1.29 is 36.4 Å². The van der Waals surface area contributed by atoms with E-state index in [0.29, 0.717) is 12.8 Å². The lowest BCUT2D eigenvalue weighted by molar-refractivity contribution is -0.142. The zero-order valence-corrected chi connectivity index (χ0v) is 20.6. The molecule has 3 N–H and O–H groups in total. The predicted octanol–water partition coefficient (Wildman–Crippen LogP) is 4.71. The number of alkyl halides is 3. The first-order valence-electron chi connectivity index (χ1n) is 10.8. The van der Waals surface area contributed by atoms with Gasteiger partial charge in [0.25, 0.3) is 17.7 Å². The Morgan fingerprint density at radius 3 is 2.46 bits per heavy atom. The van der Waals surface area contributed by atoms with Crippen molar-refractivity contribution in [2.24, 2.45) is 0 Å². The minimum absolute atomic E-state index is 0.0473. The van der Waals surface area contributed by atoms with Gasteiger partial charge in [0, 0.05) is 16.8 Å². The van der Waals surface area contributed by atoms with E-state index in [2.05, 4.69) is 20.5 Å². The van der Waals surface area contributed by atoms with Gasteiger partial charge >= 0.3 is 6.18 Å². The molecule has 1 unspecified atom stereocenters. The van der Waals surface area contributed by atoms with Gasteiger partial charge in [0.2, 0.25) is 0 Å². The number of amides is 1. The van der Waals surface area contributed by atoms with E-state index in [0.717, 1.165) is 6.92 Å². The van der Waals surface area contributed by atoms with E-state index in [4.69, 9.17) is 9.52 Å². The van der Waals surface area contributed by atoms with Gasteiger partial charge in [-0.05, 0) is 62.1 Å². The number of aliphatic hydroxyl groups is 1. The summed E-state index contributed by atoms with van der Waals surface area (Å²) in [6.07, 6.45) is -2.97. The number of aromatic nitrogens is 3. The molecule has 3 aromatic rings. The lowest BCUT2D eigenvalue weighted by Gasteiger charge is -2.17. The van der Waals surface area contributed by atoms with Crippen LogP contribution in [0.4, 0.5) is 23.2 Å². The number of hydrogen-bond acceptors (Lipinski definition) is 8. The molecule has 37 heavy (non-hydrogen) atoms. The molecule has 4 rings (SSSR count). The van der Waals surface area contributed by atoms with E-state index in [1.165, 1.54) is 43.5 Å². The SMILES string of the molecule is Cc1cc(C2(O)CC2)nc(F)c1Oc1nnc(C(F)(F)F)c(C)c1C(=O)Nc1cccc(S(C)(=N)=O)c1. The number of benzene rings is 1. The number of halogens is 4. The molecular weight excluding hydrogens is 518 g/mol. The predicted molar refractivity (Wildman–Crippen MR) is 123 cm³/mol. The van der Waals surface area contributed by atoms with Gasteiger partial charge < -0.3 is 15.2 Å². The molecule has 1 saturated carbocycles. The van der Waals surface area contributed by atoms with Crippen LogP contribution in [0.15, 0.2) is 35.2 Å². The van der Waals surface area contributed by atoms with E-state index < -0.39 is 61.8 Å². The molecule has 196 valence electrons. The number of nitrogens with one attached hydrogen (secondary N) is 2. The number of aryl methyl sites for hydroxylation is 1. The highest BCUT2D eigenvalue weighted by Crippen LogP contribution is 2.45. The zero-order chi connectivity index (χ0) is 27.3. The molecule has 1 aliphatic carbocycles. The van der Waals surface area contributed by atoms with Gasteiger partial charge in [0.1, 0.15) is 11.2 Å². The molecule has 9 nitrogen and oxygen atoms in total. The highest BCUT2D eigenvalue weighted by Gasteiger charge is 2.44. The van der Waals surface area contributed by atoms with Gasteiger partial charge in [0.05, 0.1) is 15.4 Å². The van der Waals surface area contributed by atoms with Gasteiger partial charge in [-0.3, -0.25) is 4.79 Å². The molecule has 0 radical (unpaired) electrons. The summed E-state index contributed by atoms with van der Waals surface area (Å²) in [4.78, 5) is 17.0. The molecule has 0 bridgehead atoms. The molecule has 2 heterocycles. The summed E-state index contributed by atoms with van der Waals surface area (Å²) in [5.74, 6) is -3.45. The molecule has 0 saturated heterocycles. The summed E-state index contributed by atoms with van der Waals surface area (Å²) in [6, 6.07) is 6.83. The molecule has 1 atom stereocenters. The average Bonchev–Trinajstić information content (AvgIpc) is 3.53. The summed E-state index contributed by atoms with van der Waals surface area (Å²) in [5, 5.41) is 19.2. The maximum atomic E-state index is 14.8. The zero-order valence-electron chi connectivity index (χ0n) is 19.7. The van der Waals surface area contributed by atoms with Crippen LogP contribution in [0.3, 0.4) is 0 Å². The van der Waals surface area contributed by atoms with Crippen LogP contribution in [0, 0.1) is 24.6 Å². The average molecular weight is 540 g/mol. The van der Waals surface area contributed by atoms with Crippen LogP contribution < -0.4 is 10.1 Å². The number of pyridine rings is 1. The molecule has 0 spiro atoms. The largest absolute Gasteiger partial charge is 0.435 e. The van der Waals surface area contributed by atoms with Crippen molar-refractivity contribution in [2.45, 2.75) is 43.4 Å². The van der Waals surface area contributed by atoms with Crippen LogP contribution in [0.1, 0.15) is 45.7 Å². The highest BCUT2D eigenvalue weighted by atomic mass is 32.2. The van der Waals surface area contributed by atoms with E-state index in [1.807, 2.05) is 0 Å². The Morgan fingerprint density at radius 2 is 1.89 bits per heavy atom. The Bertz CT molecular complexity index is 1500. The van der Waals surface area contributed by atoms with Crippen molar-refractivity contribution in [3.63, 3.8) is 0 Å². The molecule has 1 fully saturated rings. The standard InChI is InChI=1S/C23H21F4N5O4S/c1-11-9-15(22(34)7-8-22)30-19(24)17(11)36-21-16(12(2)18(31-32-21)23(25,26)27)20(33)29-13-5-4-6-14(10-13)37(3,28)35/h4-6,9-10,28,34H,7-8H2,1-3H3,(H,29,33). The van der Waals surface area contributed by atoms with Crippen molar-refractivity contribution in [2.75, 3.05) is 11.6 Å². The number of nitrogens with zero attached hydrogens (tertiary/aromatic N) is 3. The molecule has 1 aromatic carbocycles. The number of carbonyl (C=O) groups excluding carboxylic acids is 1. The topological polar surface area (TPSA) is 138 Å². The maximum Gasteiger partial charge on any atom is 0.435 e. The Morgan fingerprint density at radius 1 is 1.22 bits per heavy atom. The smallest absolute Gasteiger partial charge is 0.432 e. The minimum atomic E-state index is -4.95. The second kappa shape index (κ2) is 9.03. The number of anilines is 1. The Balaban J connectivity index is 1.77. The monoisotopic (exact) mass is 539 g/mol. The Kier molecular flexibility index (Phi) is 6.44. The van der Waals surface area contributed by atoms with Gasteiger partial charge in [-0.2, -0.15) is 17.6 Å². The third-order valence-electron chi connectivity index (χ3n) is 5.74. The summed E-state index contributed by atoms with van der Waals surface area (Å²) in [6.45, 7) is 2.43. The number of ether oxygens (including phenoxy) is 1. The fraction of sp³-hybridized carbons (Fsp3) is 0.304. The van der Waals surface area contributed by atoms with Crippen molar-refractivity contribution in [3.05, 3.63) is 64.4 Å². The van der Waals surface area contributed by atoms with Crippen LogP contribution in [-0.2, 0) is 21.5 Å². The van der Waals surface area contributed by atoms with Crippen molar-refractivity contribution >= 4 is 21.3 Å². The number of rotatable bonds is 6. The molecule has 0 aliphatic heterocycles. The maximum absolute atomic E-state index is 14.8. The second-order valence-electron chi connectivity index (χ2n) is 8.76. The second-order valence-corrected chi connectivity index (χ2v) is 10.9. The fourth-order valence-electron chi connectivity index (χ4n) is 3.57. The first kappa shape index (κ1) is 26.4. The molecule has 14 heteroatoms. The Hall–Kier alpha value is -3.65. The van der Waals surface area contributed by atoms with Crippen molar-refractivity contribution in [1.82, 2.24) is 15.2 Å². The lowest BCUT2D eigenvalue weighted by atomic mass is 10.1. The third kappa shape index (κ3) is 5.39. The van der Waals surface area contributed by atoms with Gasteiger partial charge in [-0.15, -0.1) is 10.2 Å². The van der Waals surface area contributed by atoms with E-state index in [9.17, 15) is 31.7 Å². The van der Waals surface area contributed by atoms with Crippen LogP contribution in [0.5, 0.6) is 11.6 Å². The number of hydrogen-bond donors (Lipinski definition) is 3. The lowest BCUT2D eigenvalue weighted by Crippen LogP contribution is -2.21. The quantitative estimate of drug-likeness (QED) is 0.305.